The summed E-state index contributed by atoms with van der Waals surface area (Å²) in [4.78, 5) is 11.8. The van der Waals surface area contributed by atoms with Gasteiger partial charge in [-0.15, -0.1) is 0 Å². The first-order chi connectivity index (χ1) is 8.65. The van der Waals surface area contributed by atoms with Crippen LogP contribution in [0.4, 0.5) is 10.1 Å². The molecule has 1 heterocycles. The predicted molar refractivity (Wildman–Crippen MR) is 70.3 cm³/mol. The number of benzene rings is 1. The molecule has 18 heavy (non-hydrogen) atoms. The van der Waals surface area contributed by atoms with Gasteiger partial charge in [0.25, 0.3) is 0 Å². The average molecular weight is 271 g/mol. The number of halogens is 2. The Hall–Kier alpha value is -1.13. The van der Waals surface area contributed by atoms with Crippen LogP contribution in [0.15, 0.2) is 18.2 Å². The SMILES string of the molecule is O=C(CC1CCCNC1)Nc1ccc(Cl)c(F)c1. The van der Waals surface area contributed by atoms with Crippen LogP contribution in [-0.4, -0.2) is 19.0 Å². The van der Waals surface area contributed by atoms with Gasteiger partial charge in [-0.3, -0.25) is 4.79 Å². The maximum Gasteiger partial charge on any atom is 0.224 e. The molecule has 1 aliphatic heterocycles. The second kappa shape index (κ2) is 6.16. The highest BCUT2D eigenvalue weighted by molar-refractivity contribution is 6.30. The lowest BCUT2D eigenvalue weighted by molar-refractivity contribution is -0.117. The van der Waals surface area contributed by atoms with Gasteiger partial charge in [-0.2, -0.15) is 0 Å². The molecule has 0 spiro atoms. The summed E-state index contributed by atoms with van der Waals surface area (Å²) in [5, 5.41) is 6.01. The van der Waals surface area contributed by atoms with Crippen LogP contribution in [0.5, 0.6) is 0 Å². The zero-order valence-electron chi connectivity index (χ0n) is 10.0. The molecule has 1 aromatic carbocycles. The van der Waals surface area contributed by atoms with Crippen molar-refractivity contribution in [3.8, 4) is 0 Å². The van der Waals surface area contributed by atoms with Crippen molar-refractivity contribution in [3.63, 3.8) is 0 Å². The van der Waals surface area contributed by atoms with E-state index < -0.39 is 5.82 Å². The maximum absolute atomic E-state index is 13.2. The molecule has 1 atom stereocenters. The van der Waals surface area contributed by atoms with E-state index in [1.165, 1.54) is 12.1 Å². The molecular weight excluding hydrogens is 255 g/mol. The summed E-state index contributed by atoms with van der Waals surface area (Å²) in [6.07, 6.45) is 2.64. The van der Waals surface area contributed by atoms with Crippen LogP contribution in [-0.2, 0) is 4.79 Å². The largest absolute Gasteiger partial charge is 0.326 e. The molecular formula is C13H16ClFN2O. The van der Waals surface area contributed by atoms with E-state index in [0.29, 0.717) is 18.0 Å². The summed E-state index contributed by atoms with van der Waals surface area (Å²) in [5.74, 6) is -0.227. The minimum absolute atomic E-state index is 0.0597. The second-order valence-electron chi connectivity index (χ2n) is 4.59. The molecule has 98 valence electrons. The van der Waals surface area contributed by atoms with Gasteiger partial charge in [0.1, 0.15) is 5.82 Å². The van der Waals surface area contributed by atoms with Gasteiger partial charge >= 0.3 is 0 Å². The monoisotopic (exact) mass is 270 g/mol. The van der Waals surface area contributed by atoms with Gasteiger partial charge in [0.15, 0.2) is 0 Å². The summed E-state index contributed by atoms with van der Waals surface area (Å²) < 4.78 is 13.2. The fourth-order valence-electron chi connectivity index (χ4n) is 2.15. The number of rotatable bonds is 3. The van der Waals surface area contributed by atoms with Gasteiger partial charge in [0.05, 0.1) is 5.02 Å². The Labute approximate surface area is 111 Å². The maximum atomic E-state index is 13.2. The van der Waals surface area contributed by atoms with Crippen LogP contribution in [0.3, 0.4) is 0 Å². The Morgan fingerprint density at radius 1 is 1.56 bits per heavy atom. The first-order valence-electron chi connectivity index (χ1n) is 6.11. The molecule has 2 N–H and O–H groups in total. The summed E-state index contributed by atoms with van der Waals surface area (Å²) >= 11 is 5.58. The third kappa shape index (κ3) is 3.68. The smallest absolute Gasteiger partial charge is 0.224 e. The molecule has 0 saturated carbocycles. The molecule has 0 radical (unpaired) electrons. The Morgan fingerprint density at radius 3 is 3.06 bits per heavy atom. The average Bonchev–Trinajstić information content (AvgIpc) is 2.35. The van der Waals surface area contributed by atoms with E-state index in [0.717, 1.165) is 25.9 Å². The van der Waals surface area contributed by atoms with Crippen molar-refractivity contribution in [3.05, 3.63) is 29.0 Å². The molecule has 0 bridgehead atoms. The van der Waals surface area contributed by atoms with E-state index in [1.54, 1.807) is 6.07 Å². The van der Waals surface area contributed by atoms with Crippen molar-refractivity contribution in [1.29, 1.82) is 0 Å². The van der Waals surface area contributed by atoms with Crippen LogP contribution in [0, 0.1) is 11.7 Å². The van der Waals surface area contributed by atoms with Gasteiger partial charge in [0.2, 0.25) is 5.91 Å². The number of carbonyl (C=O) groups excluding carboxylic acids is 1. The van der Waals surface area contributed by atoms with Crippen LogP contribution in [0.25, 0.3) is 0 Å². The van der Waals surface area contributed by atoms with Gasteiger partial charge in [-0.05, 0) is 50.0 Å². The van der Waals surface area contributed by atoms with E-state index in [2.05, 4.69) is 10.6 Å². The number of hydrogen-bond donors (Lipinski definition) is 2. The highest BCUT2D eigenvalue weighted by Crippen LogP contribution is 2.20. The van der Waals surface area contributed by atoms with Crippen LogP contribution in [0.1, 0.15) is 19.3 Å². The third-order valence-electron chi connectivity index (χ3n) is 3.08. The normalized spacial score (nSPS) is 19.6. The summed E-state index contributed by atoms with van der Waals surface area (Å²) in [7, 11) is 0. The minimum Gasteiger partial charge on any atom is -0.326 e. The van der Waals surface area contributed by atoms with Crippen molar-refractivity contribution in [2.45, 2.75) is 19.3 Å². The highest BCUT2D eigenvalue weighted by Gasteiger charge is 2.16. The molecule has 0 aromatic heterocycles. The summed E-state index contributed by atoms with van der Waals surface area (Å²) in [5.41, 5.74) is 0.450. The molecule has 1 saturated heterocycles. The predicted octanol–water partition coefficient (Wildman–Crippen LogP) is 2.81. The molecule has 1 unspecified atom stereocenters. The van der Waals surface area contributed by atoms with Crippen molar-refractivity contribution in [2.75, 3.05) is 18.4 Å². The number of carbonyl (C=O) groups is 1. The third-order valence-corrected chi connectivity index (χ3v) is 3.38. The summed E-state index contributed by atoms with van der Waals surface area (Å²) in [6, 6.07) is 4.27. The number of hydrogen-bond acceptors (Lipinski definition) is 2. The molecule has 5 heteroatoms. The number of anilines is 1. The van der Waals surface area contributed by atoms with Gasteiger partial charge in [-0.25, -0.2) is 4.39 Å². The van der Waals surface area contributed by atoms with E-state index in [4.69, 9.17) is 11.6 Å². The first-order valence-corrected chi connectivity index (χ1v) is 6.48. The quantitative estimate of drug-likeness (QED) is 0.887. The van der Waals surface area contributed by atoms with Crippen molar-refractivity contribution < 1.29 is 9.18 Å². The molecule has 0 aliphatic carbocycles. The van der Waals surface area contributed by atoms with Crippen molar-refractivity contribution in [2.24, 2.45) is 5.92 Å². The van der Waals surface area contributed by atoms with Gasteiger partial charge in [0, 0.05) is 12.1 Å². The number of nitrogens with one attached hydrogen (secondary N) is 2. The lowest BCUT2D eigenvalue weighted by atomic mass is 9.96. The molecule has 3 nitrogen and oxygen atoms in total. The molecule has 1 fully saturated rings. The number of piperidine rings is 1. The molecule has 1 aromatic rings. The zero-order valence-corrected chi connectivity index (χ0v) is 10.8. The Bertz CT molecular complexity index is 433. The van der Waals surface area contributed by atoms with Gasteiger partial charge < -0.3 is 10.6 Å². The minimum atomic E-state index is -0.520. The van der Waals surface area contributed by atoms with E-state index in [9.17, 15) is 9.18 Å². The molecule has 1 aliphatic rings. The van der Waals surface area contributed by atoms with E-state index in [1.807, 2.05) is 0 Å². The lowest BCUT2D eigenvalue weighted by Crippen LogP contribution is -2.32. The highest BCUT2D eigenvalue weighted by atomic mass is 35.5. The fraction of sp³-hybridized carbons (Fsp3) is 0.462. The van der Waals surface area contributed by atoms with E-state index >= 15 is 0 Å². The van der Waals surface area contributed by atoms with Crippen LogP contribution in [0.2, 0.25) is 5.02 Å². The zero-order chi connectivity index (χ0) is 13.0. The Morgan fingerprint density at radius 2 is 2.39 bits per heavy atom. The topological polar surface area (TPSA) is 41.1 Å². The standard InChI is InChI=1S/C13H16ClFN2O/c14-11-4-3-10(7-12(11)15)17-13(18)6-9-2-1-5-16-8-9/h3-4,7,9,16H,1-2,5-6,8H2,(H,17,18). The Balaban J connectivity index is 1.88. The summed E-state index contributed by atoms with van der Waals surface area (Å²) in [6.45, 7) is 1.91. The second-order valence-corrected chi connectivity index (χ2v) is 5.00. The Kier molecular flexibility index (Phi) is 4.55. The van der Waals surface area contributed by atoms with Crippen LogP contribution >= 0.6 is 11.6 Å². The van der Waals surface area contributed by atoms with Crippen LogP contribution < -0.4 is 10.6 Å². The van der Waals surface area contributed by atoms with E-state index in [-0.39, 0.29) is 10.9 Å². The molecule has 2 rings (SSSR count). The number of amides is 1. The fourth-order valence-corrected chi connectivity index (χ4v) is 2.26. The van der Waals surface area contributed by atoms with Gasteiger partial charge in [-0.1, -0.05) is 11.6 Å². The lowest BCUT2D eigenvalue weighted by Gasteiger charge is -2.22. The van der Waals surface area contributed by atoms with Crippen molar-refractivity contribution in [1.82, 2.24) is 5.32 Å². The van der Waals surface area contributed by atoms with Crippen molar-refractivity contribution >= 4 is 23.2 Å². The first kappa shape index (κ1) is 13.3. The molecule has 1 amide bonds.